The Hall–Kier alpha value is -2.53. The van der Waals surface area contributed by atoms with Crippen molar-refractivity contribution in [2.45, 2.75) is 19.4 Å². The molecule has 2 aromatic heterocycles. The van der Waals surface area contributed by atoms with E-state index < -0.39 is 15.6 Å². The highest BCUT2D eigenvalue weighted by Gasteiger charge is 2.43. The van der Waals surface area contributed by atoms with Crippen LogP contribution < -0.4 is 15.1 Å². The molecule has 1 aliphatic rings. The minimum Gasteiger partial charge on any atom is -0.285 e. The molecule has 2 aromatic rings. The van der Waals surface area contributed by atoms with Gasteiger partial charge in [-0.2, -0.15) is 4.31 Å². The number of amides is 1. The fourth-order valence-electron chi connectivity index (χ4n) is 2.85. The molecule has 0 aromatic carbocycles. The quantitative estimate of drug-likeness (QED) is 0.717. The number of pyridine rings is 1. The molecule has 1 aliphatic heterocycles. The molecule has 0 saturated carbocycles. The molecule has 140 valence electrons. The number of carbonyl (C=O) groups is 1. The number of aromatic nitrogens is 3. The average Bonchev–Trinajstić information content (AvgIpc) is 3.01. The highest BCUT2D eigenvalue weighted by atomic mass is 32.2. The van der Waals surface area contributed by atoms with Crippen molar-refractivity contribution in [2.75, 3.05) is 36.2 Å². The first-order chi connectivity index (χ1) is 12.2. The van der Waals surface area contributed by atoms with Gasteiger partial charge in [-0.25, -0.2) is 8.42 Å². The fourth-order valence-corrected chi connectivity index (χ4v) is 3.82. The van der Waals surface area contributed by atoms with Crippen molar-refractivity contribution in [3.8, 4) is 0 Å². The van der Waals surface area contributed by atoms with Gasteiger partial charge in [0.05, 0.1) is 23.2 Å². The Labute approximate surface area is 151 Å². The standard InChI is InChI=1S/C15H20N6O4S/c1-15(2)11-19(26(3,23)24)7-8-20(15)21-10-13(25-18-21)17-14(22)12-5-4-6-16-9-12/h4-6,9-10H,7-8,11H2,1-3H3/p+1. The molecule has 0 radical (unpaired) electrons. The van der Waals surface area contributed by atoms with Crippen LogP contribution in [-0.4, -0.2) is 60.3 Å². The molecule has 1 saturated heterocycles. The number of rotatable bonds is 4. The van der Waals surface area contributed by atoms with Crippen LogP contribution in [0.15, 0.2) is 35.2 Å². The molecule has 26 heavy (non-hydrogen) atoms. The van der Waals surface area contributed by atoms with Crippen LogP contribution >= 0.6 is 0 Å². The van der Waals surface area contributed by atoms with E-state index in [0.29, 0.717) is 25.2 Å². The van der Waals surface area contributed by atoms with Gasteiger partial charge in [0.1, 0.15) is 5.54 Å². The molecule has 0 atom stereocenters. The van der Waals surface area contributed by atoms with Gasteiger partial charge in [-0.1, -0.05) is 0 Å². The van der Waals surface area contributed by atoms with Crippen LogP contribution in [0, 0.1) is 0 Å². The second-order valence-electron chi connectivity index (χ2n) is 6.71. The molecule has 3 rings (SSSR count). The first-order valence-electron chi connectivity index (χ1n) is 8.00. The van der Waals surface area contributed by atoms with Gasteiger partial charge in [0.2, 0.25) is 15.3 Å². The van der Waals surface area contributed by atoms with Gasteiger partial charge in [-0.05, 0) is 26.0 Å². The molecular formula is C15H21N6O4S+. The number of nitrogens with zero attached hydrogens (tertiary/aromatic N) is 5. The van der Waals surface area contributed by atoms with E-state index in [4.69, 9.17) is 4.52 Å². The average molecular weight is 381 g/mol. The van der Waals surface area contributed by atoms with E-state index in [2.05, 4.69) is 15.6 Å². The molecule has 0 unspecified atom stereocenters. The molecule has 3 heterocycles. The van der Waals surface area contributed by atoms with E-state index in [1.807, 2.05) is 18.9 Å². The first-order valence-corrected chi connectivity index (χ1v) is 9.85. The first kappa shape index (κ1) is 18.3. The number of nitrogens with one attached hydrogen (secondary N) is 1. The van der Waals surface area contributed by atoms with Gasteiger partial charge < -0.3 is 0 Å². The molecule has 1 amide bonds. The van der Waals surface area contributed by atoms with Gasteiger partial charge in [0.15, 0.2) is 0 Å². The van der Waals surface area contributed by atoms with Gasteiger partial charge >= 0.3 is 5.88 Å². The molecule has 11 heteroatoms. The van der Waals surface area contributed by atoms with Gasteiger partial charge in [-0.15, -0.1) is 5.01 Å². The number of sulfonamides is 1. The maximum absolute atomic E-state index is 12.1. The second kappa shape index (κ2) is 6.65. The third-order valence-corrected chi connectivity index (χ3v) is 5.41. The lowest BCUT2D eigenvalue weighted by Gasteiger charge is -2.40. The van der Waals surface area contributed by atoms with Crippen molar-refractivity contribution < 1.29 is 22.5 Å². The van der Waals surface area contributed by atoms with Crippen LogP contribution in [0.2, 0.25) is 0 Å². The summed E-state index contributed by atoms with van der Waals surface area (Å²) < 4.78 is 30.2. The summed E-state index contributed by atoms with van der Waals surface area (Å²) in [5.74, 6) is -0.178. The van der Waals surface area contributed by atoms with Crippen LogP contribution in [0.25, 0.3) is 0 Å². The van der Waals surface area contributed by atoms with E-state index in [1.54, 1.807) is 24.5 Å². The maximum atomic E-state index is 12.1. The van der Waals surface area contributed by atoms with E-state index >= 15 is 0 Å². The van der Waals surface area contributed by atoms with Crippen LogP contribution in [-0.2, 0) is 10.0 Å². The van der Waals surface area contributed by atoms with Crippen molar-refractivity contribution in [3.05, 3.63) is 36.3 Å². The Bertz CT molecular complexity index is 896. The van der Waals surface area contributed by atoms with E-state index in [9.17, 15) is 13.2 Å². The van der Waals surface area contributed by atoms with E-state index in [-0.39, 0.29) is 11.8 Å². The minimum absolute atomic E-state index is 0.181. The Morgan fingerprint density at radius 1 is 1.38 bits per heavy atom. The topological polar surface area (TPSA) is 113 Å². The number of anilines is 1. The highest BCUT2D eigenvalue weighted by Crippen LogP contribution is 2.19. The summed E-state index contributed by atoms with van der Waals surface area (Å²) >= 11 is 0. The molecule has 0 bridgehead atoms. The normalized spacial score (nSPS) is 17.9. The van der Waals surface area contributed by atoms with Gasteiger partial charge in [-0.3, -0.25) is 19.6 Å². The van der Waals surface area contributed by atoms with Crippen molar-refractivity contribution >= 4 is 21.8 Å². The van der Waals surface area contributed by atoms with Gasteiger partial charge in [0, 0.05) is 25.5 Å². The smallest absolute Gasteiger partial charge is 0.285 e. The lowest BCUT2D eigenvalue weighted by molar-refractivity contribution is -0.766. The monoisotopic (exact) mass is 381 g/mol. The summed E-state index contributed by atoms with van der Waals surface area (Å²) in [4.78, 5) is 17.5. The van der Waals surface area contributed by atoms with Crippen LogP contribution in [0.3, 0.4) is 0 Å². The summed E-state index contributed by atoms with van der Waals surface area (Å²) in [5.41, 5.74) is -0.106. The van der Waals surface area contributed by atoms with Crippen molar-refractivity contribution in [1.82, 2.24) is 14.6 Å². The Morgan fingerprint density at radius 2 is 2.15 bits per heavy atom. The second-order valence-corrected chi connectivity index (χ2v) is 8.70. The summed E-state index contributed by atoms with van der Waals surface area (Å²) in [5, 5.41) is 8.44. The zero-order chi connectivity index (χ0) is 18.9. The van der Waals surface area contributed by atoms with Gasteiger partial charge in [0.25, 0.3) is 12.1 Å². The number of piperazine rings is 1. The zero-order valence-corrected chi connectivity index (χ0v) is 15.6. The Kier molecular flexibility index (Phi) is 4.67. The molecule has 1 N–H and O–H groups in total. The van der Waals surface area contributed by atoms with Crippen molar-refractivity contribution in [1.29, 1.82) is 0 Å². The third-order valence-electron chi connectivity index (χ3n) is 4.16. The lowest BCUT2D eigenvalue weighted by atomic mass is 10.0. The Balaban J connectivity index is 1.73. The summed E-state index contributed by atoms with van der Waals surface area (Å²) in [6.45, 7) is 4.94. The minimum atomic E-state index is -3.25. The Morgan fingerprint density at radius 3 is 2.77 bits per heavy atom. The SMILES string of the molecule is CC1(C)CN(S(C)(=O)=O)CCN1[n+]1cc(NC(=O)c2cccnc2)on1. The number of hydrogen-bond acceptors (Lipinski definition) is 7. The summed E-state index contributed by atoms with van der Waals surface area (Å²) in [6.07, 6.45) is 5.78. The largest absolute Gasteiger partial charge is 0.306 e. The zero-order valence-electron chi connectivity index (χ0n) is 14.8. The summed E-state index contributed by atoms with van der Waals surface area (Å²) in [6, 6.07) is 3.31. The maximum Gasteiger partial charge on any atom is 0.306 e. The molecular weight excluding hydrogens is 360 g/mol. The van der Waals surface area contributed by atoms with Crippen LogP contribution in [0.4, 0.5) is 5.88 Å². The van der Waals surface area contributed by atoms with E-state index in [1.165, 1.54) is 21.5 Å². The highest BCUT2D eigenvalue weighted by molar-refractivity contribution is 7.88. The van der Waals surface area contributed by atoms with Crippen LogP contribution in [0.1, 0.15) is 24.2 Å². The van der Waals surface area contributed by atoms with Crippen molar-refractivity contribution in [3.63, 3.8) is 0 Å². The van der Waals surface area contributed by atoms with Crippen LogP contribution in [0.5, 0.6) is 0 Å². The lowest BCUT2D eigenvalue weighted by Crippen LogP contribution is -2.74. The molecule has 0 aliphatic carbocycles. The molecule has 0 spiro atoms. The van der Waals surface area contributed by atoms with E-state index in [0.717, 1.165) is 0 Å². The predicted octanol–water partition coefficient (Wildman–Crippen LogP) is -0.399. The third kappa shape index (κ3) is 3.83. The predicted molar refractivity (Wildman–Crippen MR) is 92.5 cm³/mol. The number of hydrogen-bond donors (Lipinski definition) is 1. The molecule has 10 nitrogen and oxygen atoms in total. The summed E-state index contributed by atoms with van der Waals surface area (Å²) in [7, 11) is -3.25. The number of carbonyl (C=O) groups excluding carboxylic acids is 1. The fraction of sp³-hybridized carbons (Fsp3) is 0.467. The van der Waals surface area contributed by atoms with Crippen molar-refractivity contribution in [2.24, 2.45) is 0 Å². The molecule has 1 fully saturated rings.